The highest BCUT2D eigenvalue weighted by molar-refractivity contribution is 5.80. The maximum atomic E-state index is 12.8. The van der Waals surface area contributed by atoms with Gasteiger partial charge < -0.3 is 14.8 Å². The van der Waals surface area contributed by atoms with Crippen LogP contribution in [-0.4, -0.2) is 24.1 Å². The van der Waals surface area contributed by atoms with Gasteiger partial charge in [-0.1, -0.05) is 67.6 Å². The molecule has 1 aliphatic rings. The molecule has 0 aliphatic carbocycles. The van der Waals surface area contributed by atoms with Crippen LogP contribution in [0.25, 0.3) is 0 Å². The Hall–Kier alpha value is -2.66. The van der Waals surface area contributed by atoms with Crippen molar-refractivity contribution in [3.05, 3.63) is 71.8 Å². The smallest absolute Gasteiger partial charge is 0.314 e. The Morgan fingerprint density at radius 1 is 1.00 bits per heavy atom. The van der Waals surface area contributed by atoms with Crippen LogP contribution in [0.4, 0.5) is 0 Å². The lowest BCUT2D eigenvalue weighted by Gasteiger charge is -2.38. The van der Waals surface area contributed by atoms with Gasteiger partial charge in [-0.2, -0.15) is 0 Å². The first-order chi connectivity index (χ1) is 13.1. The number of nitrogens with one attached hydrogen (secondary N) is 1. The monoisotopic (exact) mass is 367 g/mol. The molecule has 4 atom stereocenters. The van der Waals surface area contributed by atoms with Crippen molar-refractivity contribution >= 4 is 11.9 Å². The molecule has 2 aromatic rings. The van der Waals surface area contributed by atoms with Crippen LogP contribution >= 0.6 is 0 Å². The summed E-state index contributed by atoms with van der Waals surface area (Å²) in [6.07, 6.45) is -0.537. The number of hydrogen-bond donors (Lipinski definition) is 1. The fraction of sp³-hybridized carbons (Fsp3) is 0.364. The van der Waals surface area contributed by atoms with Gasteiger partial charge in [-0.05, 0) is 18.1 Å². The van der Waals surface area contributed by atoms with Crippen LogP contribution in [0.3, 0.4) is 0 Å². The van der Waals surface area contributed by atoms with Gasteiger partial charge in [0.15, 0.2) is 0 Å². The number of carbonyl (C=O) groups excluding carboxylic acids is 2. The minimum atomic E-state index is -0.551. The maximum Gasteiger partial charge on any atom is 0.314 e. The molecule has 1 saturated heterocycles. The van der Waals surface area contributed by atoms with Gasteiger partial charge in [0.1, 0.15) is 18.6 Å². The summed E-state index contributed by atoms with van der Waals surface area (Å²) in [5.41, 5.74) is 2.01. The van der Waals surface area contributed by atoms with Crippen molar-refractivity contribution < 1.29 is 19.1 Å². The fourth-order valence-electron chi connectivity index (χ4n) is 3.41. The standard InChI is InChI=1S/C22H25NO4/c1-15-20(23-13-17-9-5-3-6-10-17)19(16(2)27-21(15)24)22(25)26-14-18-11-7-4-8-12-18/h3-12,15-16,19-20,23H,13-14H2,1-2H3/t15-,16+,19-,20-/m1/s1. The number of ether oxygens (including phenoxy) is 2. The molecule has 2 aromatic carbocycles. The first-order valence-electron chi connectivity index (χ1n) is 9.24. The number of rotatable bonds is 6. The zero-order valence-corrected chi connectivity index (χ0v) is 15.6. The fourth-order valence-corrected chi connectivity index (χ4v) is 3.41. The van der Waals surface area contributed by atoms with Gasteiger partial charge >= 0.3 is 11.9 Å². The number of cyclic esters (lactones) is 1. The molecule has 1 N–H and O–H groups in total. The molecule has 1 aliphatic heterocycles. The Labute approximate surface area is 159 Å². The topological polar surface area (TPSA) is 64.6 Å². The molecule has 0 bridgehead atoms. The van der Waals surface area contributed by atoms with Gasteiger partial charge in [0.2, 0.25) is 0 Å². The number of hydrogen-bond acceptors (Lipinski definition) is 5. The highest BCUT2D eigenvalue weighted by Crippen LogP contribution is 2.28. The molecule has 0 unspecified atom stereocenters. The summed E-state index contributed by atoms with van der Waals surface area (Å²) in [6, 6.07) is 19.1. The highest BCUT2D eigenvalue weighted by atomic mass is 16.6. The summed E-state index contributed by atoms with van der Waals surface area (Å²) in [7, 11) is 0. The Morgan fingerprint density at radius 2 is 1.59 bits per heavy atom. The molecular formula is C22H25NO4. The van der Waals surface area contributed by atoms with Gasteiger partial charge in [0.05, 0.1) is 5.92 Å². The Bertz CT molecular complexity index is 762. The third kappa shape index (κ3) is 4.74. The second-order valence-electron chi connectivity index (χ2n) is 6.94. The van der Waals surface area contributed by atoms with E-state index in [0.717, 1.165) is 11.1 Å². The van der Waals surface area contributed by atoms with Crippen molar-refractivity contribution in [1.29, 1.82) is 0 Å². The van der Waals surface area contributed by atoms with Crippen molar-refractivity contribution in [1.82, 2.24) is 5.32 Å². The average molecular weight is 367 g/mol. The molecule has 142 valence electrons. The third-order valence-electron chi connectivity index (χ3n) is 4.99. The van der Waals surface area contributed by atoms with Crippen LogP contribution in [0.2, 0.25) is 0 Å². The molecule has 3 rings (SSSR count). The van der Waals surface area contributed by atoms with Gasteiger partial charge in [-0.15, -0.1) is 0 Å². The quantitative estimate of drug-likeness (QED) is 0.795. The number of esters is 2. The predicted molar refractivity (Wildman–Crippen MR) is 102 cm³/mol. The van der Waals surface area contributed by atoms with E-state index >= 15 is 0 Å². The van der Waals surface area contributed by atoms with E-state index < -0.39 is 17.9 Å². The van der Waals surface area contributed by atoms with Gasteiger partial charge in [0.25, 0.3) is 0 Å². The normalized spacial score (nSPS) is 24.9. The molecule has 0 spiro atoms. The molecular weight excluding hydrogens is 342 g/mol. The Kier molecular flexibility index (Phi) is 6.24. The van der Waals surface area contributed by atoms with Crippen LogP contribution < -0.4 is 5.32 Å². The summed E-state index contributed by atoms with van der Waals surface area (Å²) in [5, 5.41) is 3.38. The molecule has 27 heavy (non-hydrogen) atoms. The van der Waals surface area contributed by atoms with E-state index in [2.05, 4.69) is 5.32 Å². The Morgan fingerprint density at radius 3 is 2.22 bits per heavy atom. The van der Waals surface area contributed by atoms with Gasteiger partial charge in [-0.3, -0.25) is 9.59 Å². The molecule has 5 heteroatoms. The number of carbonyl (C=O) groups is 2. The highest BCUT2D eigenvalue weighted by Gasteiger charge is 2.46. The summed E-state index contributed by atoms with van der Waals surface area (Å²) in [5.74, 6) is -1.62. The van der Waals surface area contributed by atoms with E-state index in [1.165, 1.54) is 0 Å². The second-order valence-corrected chi connectivity index (χ2v) is 6.94. The largest absolute Gasteiger partial charge is 0.461 e. The summed E-state index contributed by atoms with van der Waals surface area (Å²) < 4.78 is 10.9. The first kappa shape index (κ1) is 19.1. The first-order valence-corrected chi connectivity index (χ1v) is 9.24. The van der Waals surface area contributed by atoms with Crippen molar-refractivity contribution in [2.75, 3.05) is 0 Å². The summed E-state index contributed by atoms with van der Waals surface area (Å²) >= 11 is 0. The van der Waals surface area contributed by atoms with E-state index in [1.54, 1.807) is 13.8 Å². The lowest BCUT2D eigenvalue weighted by atomic mass is 9.83. The predicted octanol–water partition coefficient (Wildman–Crippen LogP) is 3.09. The second kappa shape index (κ2) is 8.82. The van der Waals surface area contributed by atoms with E-state index in [-0.39, 0.29) is 24.6 Å². The van der Waals surface area contributed by atoms with Crippen LogP contribution in [0.5, 0.6) is 0 Å². The molecule has 0 amide bonds. The third-order valence-corrected chi connectivity index (χ3v) is 4.99. The number of benzene rings is 2. The molecule has 1 heterocycles. The maximum absolute atomic E-state index is 12.8. The minimum Gasteiger partial charge on any atom is -0.461 e. The lowest BCUT2D eigenvalue weighted by molar-refractivity contribution is -0.177. The van der Waals surface area contributed by atoms with Crippen molar-refractivity contribution in [2.24, 2.45) is 11.8 Å². The summed E-state index contributed by atoms with van der Waals surface area (Å²) in [4.78, 5) is 25.0. The zero-order chi connectivity index (χ0) is 19.2. The van der Waals surface area contributed by atoms with E-state index in [1.807, 2.05) is 60.7 Å². The van der Waals surface area contributed by atoms with Crippen LogP contribution in [-0.2, 0) is 32.2 Å². The van der Waals surface area contributed by atoms with E-state index in [0.29, 0.717) is 6.54 Å². The van der Waals surface area contributed by atoms with Crippen LogP contribution in [0.1, 0.15) is 25.0 Å². The van der Waals surface area contributed by atoms with Crippen molar-refractivity contribution in [3.8, 4) is 0 Å². The SMILES string of the molecule is C[C@@H]1OC(=O)[C@H](C)[C@@H](NCc2ccccc2)[C@@H]1C(=O)OCc1ccccc1. The van der Waals surface area contributed by atoms with Crippen LogP contribution in [0.15, 0.2) is 60.7 Å². The van der Waals surface area contributed by atoms with Crippen LogP contribution in [0, 0.1) is 11.8 Å². The van der Waals surface area contributed by atoms with Gasteiger partial charge in [-0.25, -0.2) is 0 Å². The molecule has 0 radical (unpaired) electrons. The van der Waals surface area contributed by atoms with E-state index in [4.69, 9.17) is 9.47 Å². The lowest BCUT2D eigenvalue weighted by Crippen LogP contribution is -2.56. The molecule has 0 aromatic heterocycles. The minimum absolute atomic E-state index is 0.205. The van der Waals surface area contributed by atoms with Crippen molar-refractivity contribution in [2.45, 2.75) is 39.1 Å². The molecule has 5 nitrogen and oxygen atoms in total. The summed E-state index contributed by atoms with van der Waals surface area (Å²) in [6.45, 7) is 4.30. The molecule has 0 saturated carbocycles. The molecule has 1 fully saturated rings. The average Bonchev–Trinajstić information content (AvgIpc) is 2.69. The van der Waals surface area contributed by atoms with Gasteiger partial charge in [0, 0.05) is 12.6 Å². The zero-order valence-electron chi connectivity index (χ0n) is 15.6. The van der Waals surface area contributed by atoms with E-state index in [9.17, 15) is 9.59 Å². The Balaban J connectivity index is 1.70. The van der Waals surface area contributed by atoms with Crippen molar-refractivity contribution in [3.63, 3.8) is 0 Å².